The van der Waals surface area contributed by atoms with Gasteiger partial charge in [0, 0.05) is 0 Å². The summed E-state index contributed by atoms with van der Waals surface area (Å²) in [6.07, 6.45) is -2.23. The van der Waals surface area contributed by atoms with E-state index >= 15 is 0 Å². The van der Waals surface area contributed by atoms with Gasteiger partial charge in [-0.1, -0.05) is 48.5 Å². The highest BCUT2D eigenvalue weighted by Crippen LogP contribution is 2.28. The molecule has 1 aliphatic heterocycles. The first-order valence-corrected chi connectivity index (χ1v) is 12.9. The first-order chi connectivity index (χ1) is 16.5. The summed E-state index contributed by atoms with van der Waals surface area (Å²) in [5.41, 5.74) is -0.631. The minimum atomic E-state index is -0.783. The predicted molar refractivity (Wildman–Crippen MR) is 131 cm³/mol. The molecule has 1 rings (SSSR count). The van der Waals surface area contributed by atoms with Gasteiger partial charge in [-0.05, 0) is 38.0 Å². The molecule has 9 heteroatoms. The minimum Gasteiger partial charge on any atom is -0.457 e. The van der Waals surface area contributed by atoms with Crippen LogP contribution in [0.5, 0.6) is 0 Å². The largest absolute Gasteiger partial charge is 0.457 e. The van der Waals surface area contributed by atoms with Crippen LogP contribution in [0.25, 0.3) is 0 Å². The van der Waals surface area contributed by atoms with Crippen molar-refractivity contribution in [3.05, 3.63) is 0 Å². The number of carbonyl (C=O) groups is 1. The molecule has 1 fully saturated rings. The van der Waals surface area contributed by atoms with Crippen molar-refractivity contribution in [2.45, 2.75) is 93.3 Å². The zero-order valence-corrected chi connectivity index (χ0v) is 23.4. The van der Waals surface area contributed by atoms with Gasteiger partial charge in [-0.2, -0.15) is 0 Å². The summed E-state index contributed by atoms with van der Waals surface area (Å²) < 4.78 is 46.6. The molecule has 0 bridgehead atoms. The molecule has 0 radical (unpaired) electrons. The average Bonchev–Trinajstić information content (AvgIpc) is 2.78. The molecule has 0 amide bonds. The molecular formula is C26H50O9. The van der Waals surface area contributed by atoms with Crippen molar-refractivity contribution in [2.24, 2.45) is 23.2 Å². The van der Waals surface area contributed by atoms with Gasteiger partial charge in [-0.15, -0.1) is 0 Å². The molecule has 0 aliphatic carbocycles. The average molecular weight is 507 g/mol. The lowest BCUT2D eigenvalue weighted by Crippen LogP contribution is -2.58. The maximum atomic E-state index is 12.8. The molecule has 0 aromatic heterocycles. The van der Waals surface area contributed by atoms with Gasteiger partial charge in [-0.25, -0.2) is 0 Å². The van der Waals surface area contributed by atoms with E-state index in [4.69, 9.17) is 37.9 Å². The number of hydrogen-bond acceptors (Lipinski definition) is 9. The molecule has 0 aromatic rings. The maximum absolute atomic E-state index is 12.8. The molecule has 0 N–H and O–H groups in total. The Kier molecular flexibility index (Phi) is 15.5. The van der Waals surface area contributed by atoms with E-state index in [1.807, 2.05) is 20.8 Å². The fourth-order valence-electron chi connectivity index (χ4n) is 3.03. The van der Waals surface area contributed by atoms with E-state index in [0.29, 0.717) is 44.0 Å². The van der Waals surface area contributed by atoms with Crippen LogP contribution in [0.2, 0.25) is 0 Å². The first-order valence-electron chi connectivity index (χ1n) is 12.9. The highest BCUT2D eigenvalue weighted by Gasteiger charge is 2.46. The van der Waals surface area contributed by atoms with Gasteiger partial charge in [0.15, 0.2) is 12.4 Å². The summed E-state index contributed by atoms with van der Waals surface area (Å²) >= 11 is 0. The highest BCUT2D eigenvalue weighted by molar-refractivity contribution is 5.76. The monoisotopic (exact) mass is 506 g/mol. The Balaban J connectivity index is 2.98. The fourth-order valence-corrected chi connectivity index (χ4v) is 3.03. The van der Waals surface area contributed by atoms with E-state index < -0.39 is 30.0 Å². The Hall–Kier alpha value is -0.810. The fraction of sp³-hybridized carbons (Fsp3) is 0.962. The molecule has 0 saturated carbocycles. The molecule has 0 aromatic carbocycles. The molecule has 1 saturated heterocycles. The van der Waals surface area contributed by atoms with E-state index in [1.165, 1.54) is 0 Å². The third-order valence-corrected chi connectivity index (χ3v) is 5.43. The van der Waals surface area contributed by atoms with Crippen LogP contribution in [0.15, 0.2) is 0 Å². The van der Waals surface area contributed by atoms with Crippen LogP contribution in [-0.2, 0) is 42.7 Å². The second kappa shape index (κ2) is 16.8. The lowest BCUT2D eigenvalue weighted by atomic mass is 9.90. The molecule has 9 nitrogen and oxygen atoms in total. The van der Waals surface area contributed by atoms with Crippen molar-refractivity contribution >= 4 is 5.97 Å². The molecule has 1 aliphatic rings. The Labute approximate surface area is 212 Å². The van der Waals surface area contributed by atoms with Gasteiger partial charge < -0.3 is 37.9 Å². The van der Waals surface area contributed by atoms with Crippen LogP contribution < -0.4 is 0 Å². The van der Waals surface area contributed by atoms with Crippen LogP contribution >= 0.6 is 0 Å². The van der Waals surface area contributed by atoms with Crippen LogP contribution in [0, 0.1) is 23.2 Å². The Morgan fingerprint density at radius 2 is 1.26 bits per heavy atom. The molecule has 4 unspecified atom stereocenters. The van der Waals surface area contributed by atoms with E-state index in [9.17, 15) is 4.79 Å². The van der Waals surface area contributed by atoms with Crippen LogP contribution in [0.4, 0.5) is 0 Å². The van der Waals surface area contributed by atoms with E-state index in [2.05, 4.69) is 41.5 Å². The van der Waals surface area contributed by atoms with Crippen LogP contribution in [-0.4, -0.2) is 77.4 Å². The second-order valence-corrected chi connectivity index (χ2v) is 11.0. The number of esters is 1. The smallest absolute Gasteiger partial charge is 0.311 e. The normalized spacial score (nSPS) is 23.4. The third kappa shape index (κ3) is 12.8. The van der Waals surface area contributed by atoms with Gasteiger partial charge in [0.05, 0.1) is 31.8 Å². The van der Waals surface area contributed by atoms with Gasteiger partial charge in [0.1, 0.15) is 32.6 Å². The minimum absolute atomic E-state index is 0.0206. The Morgan fingerprint density at radius 1 is 0.800 bits per heavy atom. The zero-order valence-electron chi connectivity index (χ0n) is 23.4. The number of hydrogen-bond donors (Lipinski definition) is 0. The van der Waals surface area contributed by atoms with Crippen molar-refractivity contribution in [3.63, 3.8) is 0 Å². The van der Waals surface area contributed by atoms with Crippen molar-refractivity contribution in [3.8, 4) is 0 Å². The van der Waals surface area contributed by atoms with Crippen LogP contribution in [0.3, 0.4) is 0 Å². The molecule has 0 spiro atoms. The van der Waals surface area contributed by atoms with Crippen LogP contribution in [0.1, 0.15) is 68.7 Å². The summed E-state index contributed by atoms with van der Waals surface area (Å²) in [5, 5.41) is 0. The lowest BCUT2D eigenvalue weighted by Gasteiger charge is -2.41. The maximum Gasteiger partial charge on any atom is 0.311 e. The predicted octanol–water partition coefficient (Wildman–Crippen LogP) is 4.37. The van der Waals surface area contributed by atoms with Crippen molar-refractivity contribution in [2.75, 3.05) is 46.8 Å². The molecule has 35 heavy (non-hydrogen) atoms. The van der Waals surface area contributed by atoms with E-state index in [0.717, 1.165) is 0 Å². The highest BCUT2D eigenvalue weighted by atomic mass is 16.8. The Morgan fingerprint density at radius 3 is 1.71 bits per heavy atom. The Bertz CT molecular complexity index is 565. The summed E-state index contributed by atoms with van der Waals surface area (Å²) in [6, 6.07) is 0. The van der Waals surface area contributed by atoms with Gasteiger partial charge >= 0.3 is 5.97 Å². The van der Waals surface area contributed by atoms with E-state index in [-0.39, 0.29) is 33.0 Å². The molecule has 208 valence electrons. The standard InChI is InChI=1S/C26H50O9/c1-10-26(8,9)25(27)35-21-14-31-24(34-17-30-13-20(6)7)23(33-16-29-12-19(4)5)22(21)32-15-28-11-18(2)3/h18-24H,10-17H2,1-9H3. The first kappa shape index (κ1) is 32.2. The summed E-state index contributed by atoms with van der Waals surface area (Å²) in [4.78, 5) is 12.8. The van der Waals surface area contributed by atoms with Gasteiger partial charge in [-0.3, -0.25) is 4.79 Å². The lowest BCUT2D eigenvalue weighted by molar-refractivity contribution is -0.324. The zero-order chi connectivity index (χ0) is 26.4. The number of carbonyl (C=O) groups excluding carboxylic acids is 1. The topological polar surface area (TPSA) is 90.9 Å². The van der Waals surface area contributed by atoms with Crippen molar-refractivity contribution in [1.29, 1.82) is 0 Å². The third-order valence-electron chi connectivity index (χ3n) is 5.43. The summed E-state index contributed by atoms with van der Waals surface area (Å²) in [7, 11) is 0. The van der Waals surface area contributed by atoms with E-state index in [1.54, 1.807) is 0 Å². The quantitative estimate of drug-likeness (QED) is 0.153. The number of ether oxygens (including phenoxy) is 8. The van der Waals surface area contributed by atoms with Crippen molar-refractivity contribution < 1.29 is 42.7 Å². The molecular weight excluding hydrogens is 456 g/mol. The molecule has 4 atom stereocenters. The number of rotatable bonds is 18. The summed E-state index contributed by atoms with van der Waals surface area (Å²) in [5.74, 6) is 0.777. The second-order valence-electron chi connectivity index (χ2n) is 11.0. The van der Waals surface area contributed by atoms with Gasteiger partial charge in [0.2, 0.25) is 0 Å². The molecule has 1 heterocycles. The van der Waals surface area contributed by atoms with Gasteiger partial charge in [0.25, 0.3) is 0 Å². The van der Waals surface area contributed by atoms with Crippen molar-refractivity contribution in [1.82, 2.24) is 0 Å². The SMILES string of the molecule is CCC(C)(C)C(=O)OC1COC(OCOCC(C)C)C(OCOCC(C)C)C1OCOCC(C)C. The summed E-state index contributed by atoms with van der Waals surface area (Å²) in [6.45, 7) is 19.9.